The summed E-state index contributed by atoms with van der Waals surface area (Å²) >= 11 is 0. The summed E-state index contributed by atoms with van der Waals surface area (Å²) in [5.74, 6) is 2.83. The van der Waals surface area contributed by atoms with E-state index in [4.69, 9.17) is 9.51 Å². The second-order valence-corrected chi connectivity index (χ2v) is 6.98. The van der Waals surface area contributed by atoms with Crippen molar-refractivity contribution in [3.05, 3.63) is 29.2 Å². The van der Waals surface area contributed by atoms with Crippen LogP contribution in [0.3, 0.4) is 0 Å². The van der Waals surface area contributed by atoms with E-state index in [1.54, 1.807) is 0 Å². The van der Waals surface area contributed by atoms with Gasteiger partial charge in [0.25, 0.3) is 5.95 Å². The minimum absolute atomic E-state index is 0.0340. The highest BCUT2D eigenvalue weighted by Crippen LogP contribution is 2.40. The van der Waals surface area contributed by atoms with Gasteiger partial charge in [-0.15, -0.1) is 0 Å². The predicted molar refractivity (Wildman–Crippen MR) is 76.9 cm³/mol. The lowest BCUT2D eigenvalue weighted by atomic mass is 9.95. The summed E-state index contributed by atoms with van der Waals surface area (Å²) < 4.78 is 5.34. The number of aromatic nitrogens is 4. The van der Waals surface area contributed by atoms with Gasteiger partial charge in [0.05, 0.1) is 12.2 Å². The van der Waals surface area contributed by atoms with E-state index in [0.29, 0.717) is 11.9 Å². The van der Waals surface area contributed by atoms with E-state index in [-0.39, 0.29) is 5.41 Å². The number of hydrogen-bond acceptors (Lipinski definition) is 6. The molecule has 2 aliphatic rings. The molecule has 1 aliphatic heterocycles. The molecule has 4 rings (SSSR count). The minimum Gasteiger partial charge on any atom is -0.337 e. The van der Waals surface area contributed by atoms with Crippen molar-refractivity contribution in [1.82, 2.24) is 20.1 Å². The Morgan fingerprint density at radius 2 is 2.00 bits per heavy atom. The number of nitrogens with zero attached hydrogens (tertiary/aromatic N) is 5. The molecule has 0 amide bonds. The molecule has 1 fully saturated rings. The number of fused-ring (bicyclic) bond motifs is 1. The maximum atomic E-state index is 5.34. The minimum atomic E-state index is -0.0340. The molecule has 0 radical (unpaired) electrons. The first-order chi connectivity index (χ1) is 10.0. The second kappa shape index (κ2) is 4.26. The third-order valence-electron chi connectivity index (χ3n) is 3.97. The van der Waals surface area contributed by atoms with Crippen molar-refractivity contribution in [3.63, 3.8) is 0 Å². The van der Waals surface area contributed by atoms with E-state index in [1.807, 2.05) is 6.20 Å². The molecule has 0 atom stereocenters. The maximum absolute atomic E-state index is 5.34. The van der Waals surface area contributed by atoms with E-state index >= 15 is 0 Å². The van der Waals surface area contributed by atoms with Gasteiger partial charge >= 0.3 is 0 Å². The smallest absolute Gasteiger partial charge is 0.266 e. The fourth-order valence-electron chi connectivity index (χ4n) is 2.51. The van der Waals surface area contributed by atoms with Gasteiger partial charge in [0.15, 0.2) is 0 Å². The second-order valence-electron chi connectivity index (χ2n) is 6.98. The standard InChI is InChI=1S/C15H19N5O/c1-15(2,3)13-16-6-10-7-20(8-11(10)17-13)14-18-12(21-19-14)9-4-5-9/h6,9H,4-5,7-8H2,1-3H3. The Morgan fingerprint density at radius 3 is 2.71 bits per heavy atom. The Bertz CT molecular complexity index is 684. The summed E-state index contributed by atoms with van der Waals surface area (Å²) in [5.41, 5.74) is 2.20. The molecule has 0 bridgehead atoms. The predicted octanol–water partition coefficient (Wildman–Crippen LogP) is 2.55. The number of rotatable bonds is 2. The first-order valence-corrected chi connectivity index (χ1v) is 7.44. The molecule has 0 aromatic carbocycles. The average molecular weight is 285 g/mol. The summed E-state index contributed by atoms with van der Waals surface area (Å²) in [7, 11) is 0. The van der Waals surface area contributed by atoms with Gasteiger partial charge in [-0.3, -0.25) is 0 Å². The van der Waals surface area contributed by atoms with Crippen LogP contribution in [-0.2, 0) is 18.5 Å². The van der Waals surface area contributed by atoms with Gasteiger partial charge in [-0.05, 0) is 18.0 Å². The summed E-state index contributed by atoms with van der Waals surface area (Å²) in [6.07, 6.45) is 4.27. The molecule has 2 aromatic heterocycles. The topological polar surface area (TPSA) is 67.9 Å². The molecular weight excluding hydrogens is 266 g/mol. The highest BCUT2D eigenvalue weighted by atomic mass is 16.5. The fraction of sp³-hybridized carbons (Fsp3) is 0.600. The molecule has 0 N–H and O–H groups in total. The molecular formula is C15H19N5O. The molecule has 21 heavy (non-hydrogen) atoms. The largest absolute Gasteiger partial charge is 0.337 e. The Labute approximate surface area is 123 Å². The van der Waals surface area contributed by atoms with E-state index in [9.17, 15) is 0 Å². The van der Waals surface area contributed by atoms with Crippen LogP contribution in [-0.4, -0.2) is 20.1 Å². The number of anilines is 1. The van der Waals surface area contributed by atoms with Gasteiger partial charge < -0.3 is 9.42 Å². The molecule has 6 heteroatoms. The Kier molecular flexibility index (Phi) is 2.58. The van der Waals surface area contributed by atoms with Crippen molar-refractivity contribution in [3.8, 4) is 0 Å². The van der Waals surface area contributed by atoms with Crippen molar-refractivity contribution < 1.29 is 4.52 Å². The lowest BCUT2D eigenvalue weighted by Crippen LogP contribution is -2.17. The van der Waals surface area contributed by atoms with Gasteiger partial charge in [-0.2, -0.15) is 4.98 Å². The maximum Gasteiger partial charge on any atom is 0.266 e. The van der Waals surface area contributed by atoms with Gasteiger partial charge in [-0.1, -0.05) is 20.8 Å². The van der Waals surface area contributed by atoms with Crippen molar-refractivity contribution >= 4 is 5.95 Å². The fourth-order valence-corrected chi connectivity index (χ4v) is 2.51. The summed E-state index contributed by atoms with van der Waals surface area (Å²) in [4.78, 5) is 15.8. The summed E-state index contributed by atoms with van der Waals surface area (Å²) in [6.45, 7) is 7.86. The first-order valence-electron chi connectivity index (χ1n) is 7.44. The molecule has 110 valence electrons. The van der Waals surface area contributed by atoms with Crippen LogP contribution in [0.25, 0.3) is 0 Å². The van der Waals surface area contributed by atoms with Gasteiger partial charge in [-0.25, -0.2) is 9.97 Å². The van der Waals surface area contributed by atoms with Gasteiger partial charge in [0, 0.05) is 29.6 Å². The van der Waals surface area contributed by atoms with E-state index in [0.717, 1.165) is 36.1 Å². The zero-order valence-corrected chi connectivity index (χ0v) is 12.6. The monoisotopic (exact) mass is 285 g/mol. The van der Waals surface area contributed by atoms with Crippen LogP contribution < -0.4 is 4.90 Å². The first kappa shape index (κ1) is 12.7. The van der Waals surface area contributed by atoms with Crippen LogP contribution in [0.1, 0.15) is 62.5 Å². The molecule has 1 saturated carbocycles. The normalized spacial score (nSPS) is 18.1. The lowest BCUT2D eigenvalue weighted by molar-refractivity contribution is 0.378. The summed E-state index contributed by atoms with van der Waals surface area (Å²) in [5, 5.41) is 4.11. The Morgan fingerprint density at radius 1 is 1.19 bits per heavy atom. The van der Waals surface area contributed by atoms with Crippen LogP contribution in [0.4, 0.5) is 5.95 Å². The van der Waals surface area contributed by atoms with Crippen molar-refractivity contribution in [2.45, 2.75) is 58.0 Å². The van der Waals surface area contributed by atoms with Crippen LogP contribution in [0.5, 0.6) is 0 Å². The van der Waals surface area contributed by atoms with Crippen LogP contribution >= 0.6 is 0 Å². The molecule has 6 nitrogen and oxygen atoms in total. The zero-order valence-electron chi connectivity index (χ0n) is 12.6. The Balaban J connectivity index is 1.58. The van der Waals surface area contributed by atoms with E-state index < -0.39 is 0 Å². The quantitative estimate of drug-likeness (QED) is 0.844. The van der Waals surface area contributed by atoms with Crippen LogP contribution in [0, 0.1) is 0 Å². The average Bonchev–Trinajstić information content (AvgIpc) is 3.02. The molecule has 0 spiro atoms. The van der Waals surface area contributed by atoms with E-state index in [1.165, 1.54) is 12.8 Å². The third kappa shape index (κ3) is 2.28. The zero-order chi connectivity index (χ0) is 14.6. The van der Waals surface area contributed by atoms with Crippen LogP contribution in [0.2, 0.25) is 0 Å². The molecule has 0 saturated heterocycles. The van der Waals surface area contributed by atoms with Crippen molar-refractivity contribution in [2.24, 2.45) is 0 Å². The highest BCUT2D eigenvalue weighted by Gasteiger charge is 2.32. The lowest BCUT2D eigenvalue weighted by Gasteiger charge is -2.16. The van der Waals surface area contributed by atoms with Crippen molar-refractivity contribution in [1.29, 1.82) is 0 Å². The third-order valence-corrected chi connectivity index (χ3v) is 3.97. The molecule has 1 aliphatic carbocycles. The van der Waals surface area contributed by atoms with Crippen molar-refractivity contribution in [2.75, 3.05) is 4.90 Å². The molecule has 0 unspecified atom stereocenters. The van der Waals surface area contributed by atoms with Gasteiger partial charge in [0.2, 0.25) is 5.89 Å². The number of hydrogen-bond donors (Lipinski definition) is 0. The summed E-state index contributed by atoms with van der Waals surface area (Å²) in [6, 6.07) is 0. The molecule has 2 aromatic rings. The van der Waals surface area contributed by atoms with Crippen LogP contribution in [0.15, 0.2) is 10.7 Å². The highest BCUT2D eigenvalue weighted by molar-refractivity contribution is 5.39. The Hall–Kier alpha value is -1.98. The van der Waals surface area contributed by atoms with Gasteiger partial charge in [0.1, 0.15) is 5.82 Å². The molecule has 3 heterocycles. The SMILES string of the molecule is CC(C)(C)c1ncc2c(n1)CN(c1noc(C3CC3)n1)C2. The van der Waals surface area contributed by atoms with E-state index in [2.05, 4.69) is 40.8 Å².